The van der Waals surface area contributed by atoms with Gasteiger partial charge in [-0.25, -0.2) is 13.4 Å². The van der Waals surface area contributed by atoms with Crippen LogP contribution >= 0.6 is 0 Å². The molecule has 0 saturated carbocycles. The zero-order chi connectivity index (χ0) is 12.5. The molecule has 3 N–H and O–H groups in total. The van der Waals surface area contributed by atoms with Gasteiger partial charge < -0.3 is 11.1 Å². The third-order valence-electron chi connectivity index (χ3n) is 2.78. The highest BCUT2D eigenvalue weighted by Crippen LogP contribution is 2.17. The van der Waals surface area contributed by atoms with Gasteiger partial charge in [0, 0.05) is 17.8 Å². The molecular formula is C10H16N4O2S. The molecule has 94 valence electrons. The normalized spacial score (nSPS) is 20.1. The minimum atomic E-state index is -2.82. The molecule has 0 amide bonds. The van der Waals surface area contributed by atoms with Crippen molar-refractivity contribution in [1.29, 1.82) is 0 Å². The zero-order valence-corrected chi connectivity index (χ0v) is 10.5. The summed E-state index contributed by atoms with van der Waals surface area (Å²) in [6, 6.07) is 1.95. The fourth-order valence-electron chi connectivity index (χ4n) is 1.91. The Morgan fingerprint density at radius 1 is 1.35 bits per heavy atom. The molecule has 0 unspecified atom stereocenters. The van der Waals surface area contributed by atoms with Gasteiger partial charge in [-0.05, 0) is 19.8 Å². The fraction of sp³-hybridized carbons (Fsp3) is 0.600. The topological polar surface area (TPSA) is 98.0 Å². The first-order valence-corrected chi connectivity index (χ1v) is 7.35. The van der Waals surface area contributed by atoms with E-state index in [0.717, 1.165) is 5.69 Å². The Morgan fingerprint density at radius 2 is 2.00 bits per heavy atom. The van der Waals surface area contributed by atoms with E-state index < -0.39 is 9.84 Å². The number of nitrogens with one attached hydrogen (secondary N) is 1. The summed E-state index contributed by atoms with van der Waals surface area (Å²) in [4.78, 5) is 8.05. The van der Waals surface area contributed by atoms with Gasteiger partial charge in [-0.1, -0.05) is 0 Å². The standard InChI is InChI=1S/C10H16N4O2S/c1-7-6-9(14-10(11)12-7)13-8-2-4-17(15,16)5-3-8/h6,8H,2-5H2,1H3,(H3,11,12,13,14). The number of hydrogen-bond donors (Lipinski definition) is 2. The molecule has 7 heteroatoms. The Labute approximate surface area is 101 Å². The molecule has 1 fully saturated rings. The van der Waals surface area contributed by atoms with Gasteiger partial charge in [-0.15, -0.1) is 0 Å². The van der Waals surface area contributed by atoms with Crippen LogP contribution in [0.3, 0.4) is 0 Å². The number of nitrogens with zero attached hydrogens (tertiary/aromatic N) is 2. The molecular weight excluding hydrogens is 240 g/mol. The van der Waals surface area contributed by atoms with Crippen molar-refractivity contribution in [2.24, 2.45) is 0 Å². The van der Waals surface area contributed by atoms with E-state index in [9.17, 15) is 8.42 Å². The van der Waals surface area contributed by atoms with Crippen LogP contribution in [0.5, 0.6) is 0 Å². The van der Waals surface area contributed by atoms with Crippen molar-refractivity contribution in [1.82, 2.24) is 9.97 Å². The van der Waals surface area contributed by atoms with Crippen LogP contribution in [0.2, 0.25) is 0 Å². The summed E-state index contributed by atoms with van der Waals surface area (Å²) in [5.74, 6) is 1.38. The molecule has 1 aromatic rings. The number of aromatic nitrogens is 2. The van der Waals surface area contributed by atoms with E-state index in [-0.39, 0.29) is 23.5 Å². The lowest BCUT2D eigenvalue weighted by Crippen LogP contribution is -2.32. The molecule has 2 rings (SSSR count). The average molecular weight is 256 g/mol. The number of hydrogen-bond acceptors (Lipinski definition) is 6. The van der Waals surface area contributed by atoms with Gasteiger partial charge in [0.15, 0.2) is 0 Å². The van der Waals surface area contributed by atoms with Crippen molar-refractivity contribution < 1.29 is 8.42 Å². The lowest BCUT2D eigenvalue weighted by atomic mass is 10.1. The molecule has 6 nitrogen and oxygen atoms in total. The summed E-state index contributed by atoms with van der Waals surface area (Å²) >= 11 is 0. The fourth-order valence-corrected chi connectivity index (χ4v) is 3.40. The van der Waals surface area contributed by atoms with Crippen LogP contribution in [0.4, 0.5) is 11.8 Å². The second-order valence-corrected chi connectivity index (χ2v) is 6.63. The van der Waals surface area contributed by atoms with Crippen LogP contribution in [0, 0.1) is 6.92 Å². The summed E-state index contributed by atoms with van der Waals surface area (Å²) in [5, 5.41) is 3.20. The molecule has 17 heavy (non-hydrogen) atoms. The van der Waals surface area contributed by atoms with Crippen molar-refractivity contribution >= 4 is 21.6 Å². The highest BCUT2D eigenvalue weighted by atomic mass is 32.2. The van der Waals surface area contributed by atoms with E-state index in [0.29, 0.717) is 18.7 Å². The second kappa shape index (κ2) is 4.48. The largest absolute Gasteiger partial charge is 0.368 e. The summed E-state index contributed by atoms with van der Waals surface area (Å²) in [7, 11) is -2.82. The van der Waals surface area contributed by atoms with Crippen molar-refractivity contribution in [3.05, 3.63) is 11.8 Å². The minimum absolute atomic E-state index is 0.146. The Kier molecular flexibility index (Phi) is 3.19. The SMILES string of the molecule is Cc1cc(NC2CCS(=O)(=O)CC2)nc(N)n1. The van der Waals surface area contributed by atoms with Crippen molar-refractivity contribution in [3.8, 4) is 0 Å². The third kappa shape index (κ3) is 3.29. The van der Waals surface area contributed by atoms with Crippen LogP contribution in [0.15, 0.2) is 6.07 Å². The van der Waals surface area contributed by atoms with Crippen LogP contribution in [0.25, 0.3) is 0 Å². The quantitative estimate of drug-likeness (QED) is 0.792. The predicted octanol–water partition coefficient (Wildman–Crippen LogP) is 0.356. The van der Waals surface area contributed by atoms with Gasteiger partial charge in [0.2, 0.25) is 5.95 Å². The average Bonchev–Trinajstić information content (AvgIpc) is 2.20. The first-order valence-electron chi connectivity index (χ1n) is 5.53. The van der Waals surface area contributed by atoms with Crippen molar-refractivity contribution in [2.45, 2.75) is 25.8 Å². The van der Waals surface area contributed by atoms with Gasteiger partial charge >= 0.3 is 0 Å². The molecule has 2 heterocycles. The summed E-state index contributed by atoms with van der Waals surface area (Å²) in [6.07, 6.45) is 1.23. The summed E-state index contributed by atoms with van der Waals surface area (Å²) in [5.41, 5.74) is 6.34. The highest BCUT2D eigenvalue weighted by Gasteiger charge is 2.23. The maximum atomic E-state index is 11.3. The van der Waals surface area contributed by atoms with Gasteiger partial charge in [-0.3, -0.25) is 0 Å². The number of aryl methyl sites for hydroxylation is 1. The molecule has 0 radical (unpaired) electrons. The van der Waals surface area contributed by atoms with Gasteiger partial charge in [0.1, 0.15) is 15.7 Å². The van der Waals surface area contributed by atoms with Crippen LogP contribution in [-0.4, -0.2) is 35.9 Å². The minimum Gasteiger partial charge on any atom is -0.368 e. The number of nitrogens with two attached hydrogens (primary N) is 1. The highest BCUT2D eigenvalue weighted by molar-refractivity contribution is 7.91. The van der Waals surface area contributed by atoms with E-state index in [1.165, 1.54) is 0 Å². The molecule has 1 aromatic heterocycles. The lowest BCUT2D eigenvalue weighted by molar-refractivity contribution is 0.559. The monoisotopic (exact) mass is 256 g/mol. The maximum Gasteiger partial charge on any atom is 0.222 e. The van der Waals surface area contributed by atoms with E-state index >= 15 is 0 Å². The number of anilines is 2. The molecule has 0 bridgehead atoms. The number of nitrogen functional groups attached to an aromatic ring is 1. The lowest BCUT2D eigenvalue weighted by Gasteiger charge is -2.23. The zero-order valence-electron chi connectivity index (χ0n) is 9.68. The molecule has 0 spiro atoms. The molecule has 1 aliphatic rings. The summed E-state index contributed by atoms with van der Waals surface area (Å²) < 4.78 is 22.6. The first-order chi connectivity index (χ1) is 7.94. The summed E-state index contributed by atoms with van der Waals surface area (Å²) in [6.45, 7) is 1.84. The van der Waals surface area contributed by atoms with E-state index in [2.05, 4.69) is 15.3 Å². The Balaban J connectivity index is 2.02. The van der Waals surface area contributed by atoms with E-state index in [1.54, 1.807) is 6.07 Å². The second-order valence-electron chi connectivity index (χ2n) is 4.32. The Morgan fingerprint density at radius 3 is 2.59 bits per heavy atom. The molecule has 0 aliphatic carbocycles. The molecule has 1 aliphatic heterocycles. The van der Waals surface area contributed by atoms with Gasteiger partial charge in [-0.2, -0.15) is 4.98 Å². The van der Waals surface area contributed by atoms with Crippen LogP contribution in [0.1, 0.15) is 18.5 Å². The molecule has 0 atom stereocenters. The van der Waals surface area contributed by atoms with Crippen LogP contribution < -0.4 is 11.1 Å². The van der Waals surface area contributed by atoms with Gasteiger partial charge in [0.25, 0.3) is 0 Å². The van der Waals surface area contributed by atoms with Crippen molar-refractivity contribution in [2.75, 3.05) is 22.6 Å². The molecule has 0 aromatic carbocycles. The Hall–Kier alpha value is -1.37. The number of rotatable bonds is 2. The molecule has 1 saturated heterocycles. The smallest absolute Gasteiger partial charge is 0.222 e. The van der Waals surface area contributed by atoms with Gasteiger partial charge in [0.05, 0.1) is 11.5 Å². The predicted molar refractivity (Wildman–Crippen MR) is 66.5 cm³/mol. The maximum absolute atomic E-state index is 11.3. The van der Waals surface area contributed by atoms with Crippen molar-refractivity contribution in [3.63, 3.8) is 0 Å². The van der Waals surface area contributed by atoms with E-state index in [1.807, 2.05) is 6.92 Å². The van der Waals surface area contributed by atoms with Crippen LogP contribution in [-0.2, 0) is 9.84 Å². The number of sulfone groups is 1. The van der Waals surface area contributed by atoms with E-state index in [4.69, 9.17) is 5.73 Å². The third-order valence-corrected chi connectivity index (χ3v) is 4.49. The Bertz CT molecular complexity index is 481. The first kappa shape index (κ1) is 12.1.